The van der Waals surface area contributed by atoms with E-state index in [4.69, 9.17) is 4.42 Å². The summed E-state index contributed by atoms with van der Waals surface area (Å²) in [4.78, 5) is 18.0. The molecule has 5 heterocycles. The molecule has 0 saturated carbocycles. The Hall–Kier alpha value is -5.03. The molecule has 0 aliphatic carbocycles. The summed E-state index contributed by atoms with van der Waals surface area (Å²) in [6.07, 6.45) is 5.54. The monoisotopic (exact) mass is 761 g/mol. The SMILES string of the molecule is Cc1ccc(-c2[c-]cccc2)nc1.Cc1ccc2c(n1)oc1c(-c3cc(-c4cc5cccnc5cc4C)ccn3)[c-]ccc12.[Ir]. The van der Waals surface area contributed by atoms with E-state index in [-0.39, 0.29) is 20.1 Å². The quantitative estimate of drug-likeness (QED) is 0.168. The van der Waals surface area contributed by atoms with Crippen LogP contribution in [0.5, 0.6) is 0 Å². The molecule has 0 aliphatic heterocycles. The molecule has 0 spiro atoms. The van der Waals surface area contributed by atoms with Crippen LogP contribution in [0.15, 0.2) is 120 Å². The fourth-order valence-electron chi connectivity index (χ4n) is 5.36. The number of benzene rings is 3. The van der Waals surface area contributed by atoms with Crippen molar-refractivity contribution in [3.63, 3.8) is 0 Å². The van der Waals surface area contributed by atoms with Gasteiger partial charge in [0.25, 0.3) is 0 Å². The first kappa shape index (κ1) is 30.0. The maximum Gasteiger partial charge on any atom is 0.216 e. The second-order valence-electron chi connectivity index (χ2n) is 10.8. The summed E-state index contributed by atoms with van der Waals surface area (Å²) in [5, 5.41) is 3.15. The van der Waals surface area contributed by atoms with Crippen molar-refractivity contribution >= 4 is 33.0 Å². The second-order valence-corrected chi connectivity index (χ2v) is 10.8. The molecule has 0 N–H and O–H groups in total. The first-order chi connectivity index (χ1) is 21.5. The number of hydrogen-bond acceptors (Lipinski definition) is 5. The van der Waals surface area contributed by atoms with Crippen molar-refractivity contribution < 1.29 is 24.5 Å². The Kier molecular flexibility index (Phi) is 8.61. The number of fused-ring (bicyclic) bond motifs is 4. The van der Waals surface area contributed by atoms with Crippen LogP contribution in [0.25, 0.3) is 66.6 Å². The molecule has 5 aromatic heterocycles. The van der Waals surface area contributed by atoms with E-state index >= 15 is 0 Å². The van der Waals surface area contributed by atoms with Crippen LogP contribution < -0.4 is 0 Å². The van der Waals surface area contributed by atoms with Gasteiger partial charge in [-0.25, -0.2) is 4.98 Å². The van der Waals surface area contributed by atoms with E-state index < -0.39 is 0 Å². The summed E-state index contributed by atoms with van der Waals surface area (Å²) in [7, 11) is 0. The third kappa shape index (κ3) is 6.16. The molecule has 5 nitrogen and oxygen atoms in total. The van der Waals surface area contributed by atoms with Gasteiger partial charge < -0.3 is 14.4 Å². The van der Waals surface area contributed by atoms with Crippen LogP contribution in [0.3, 0.4) is 0 Å². The molecule has 45 heavy (non-hydrogen) atoms. The van der Waals surface area contributed by atoms with Crippen LogP contribution in [0, 0.1) is 32.9 Å². The molecule has 0 aliphatic rings. The van der Waals surface area contributed by atoms with Gasteiger partial charge in [0.1, 0.15) is 0 Å². The normalized spacial score (nSPS) is 10.8. The maximum atomic E-state index is 6.16. The Morgan fingerprint density at radius 2 is 1.60 bits per heavy atom. The van der Waals surface area contributed by atoms with Crippen LogP contribution in [0.4, 0.5) is 0 Å². The van der Waals surface area contributed by atoms with Crippen molar-refractivity contribution in [1.82, 2.24) is 19.9 Å². The van der Waals surface area contributed by atoms with Gasteiger partial charge >= 0.3 is 0 Å². The molecule has 8 aromatic rings. The third-order valence-corrected chi connectivity index (χ3v) is 7.61. The first-order valence-electron chi connectivity index (χ1n) is 14.5. The van der Waals surface area contributed by atoms with Crippen LogP contribution in [0.2, 0.25) is 0 Å². The molecule has 6 heteroatoms. The van der Waals surface area contributed by atoms with Crippen molar-refractivity contribution in [2.75, 3.05) is 0 Å². The number of hydrogen-bond donors (Lipinski definition) is 0. The largest absolute Gasteiger partial charge is 0.486 e. The Morgan fingerprint density at radius 1 is 0.689 bits per heavy atom. The molecule has 8 rings (SSSR count). The first-order valence-corrected chi connectivity index (χ1v) is 14.5. The van der Waals surface area contributed by atoms with Crippen LogP contribution >= 0.6 is 0 Å². The van der Waals surface area contributed by atoms with Gasteiger partial charge in [0.05, 0.1) is 11.1 Å². The van der Waals surface area contributed by atoms with Gasteiger partial charge in [-0.1, -0.05) is 35.2 Å². The average molecular weight is 761 g/mol. The van der Waals surface area contributed by atoms with Gasteiger partial charge in [0.15, 0.2) is 0 Å². The zero-order chi connectivity index (χ0) is 30.0. The molecule has 221 valence electrons. The van der Waals surface area contributed by atoms with E-state index in [9.17, 15) is 0 Å². The zero-order valence-electron chi connectivity index (χ0n) is 25.0. The van der Waals surface area contributed by atoms with E-state index in [1.165, 1.54) is 16.7 Å². The molecule has 3 aromatic carbocycles. The van der Waals surface area contributed by atoms with E-state index in [0.29, 0.717) is 5.71 Å². The van der Waals surface area contributed by atoms with Crippen molar-refractivity contribution in [3.05, 3.63) is 145 Å². The van der Waals surface area contributed by atoms with Crippen molar-refractivity contribution in [2.45, 2.75) is 20.8 Å². The number of pyridine rings is 4. The van der Waals surface area contributed by atoms with Crippen LogP contribution in [-0.4, -0.2) is 19.9 Å². The number of rotatable bonds is 3. The minimum atomic E-state index is 0. The van der Waals surface area contributed by atoms with Gasteiger partial charge in [0, 0.05) is 55.2 Å². The zero-order valence-corrected chi connectivity index (χ0v) is 27.4. The molecule has 0 atom stereocenters. The van der Waals surface area contributed by atoms with E-state index in [2.05, 4.69) is 75.4 Å². The molecule has 0 fully saturated rings. The number of nitrogens with zero attached hydrogens (tertiary/aromatic N) is 4. The summed E-state index contributed by atoms with van der Waals surface area (Å²) in [6.45, 7) is 6.11. The molecule has 0 amide bonds. The Bertz CT molecular complexity index is 2260. The predicted octanol–water partition coefficient (Wildman–Crippen LogP) is 9.53. The van der Waals surface area contributed by atoms with Gasteiger partial charge in [-0.2, -0.15) is 0 Å². The summed E-state index contributed by atoms with van der Waals surface area (Å²) in [5.74, 6) is 0. The Balaban J connectivity index is 0.000000215. The van der Waals surface area contributed by atoms with Crippen molar-refractivity contribution in [3.8, 4) is 33.6 Å². The molecular formula is C39H28IrN4O-2. The topological polar surface area (TPSA) is 64.7 Å². The second kappa shape index (κ2) is 12.9. The van der Waals surface area contributed by atoms with Gasteiger partial charge in [-0.3, -0.25) is 4.98 Å². The summed E-state index contributed by atoms with van der Waals surface area (Å²) >= 11 is 0. The van der Waals surface area contributed by atoms with Gasteiger partial charge in [0.2, 0.25) is 5.71 Å². The minimum Gasteiger partial charge on any atom is -0.486 e. The average Bonchev–Trinajstić information content (AvgIpc) is 3.43. The molecule has 0 unspecified atom stereocenters. The fraction of sp³-hybridized carbons (Fsp3) is 0.0769. The number of aryl methyl sites for hydroxylation is 3. The predicted molar refractivity (Wildman–Crippen MR) is 177 cm³/mol. The van der Waals surface area contributed by atoms with E-state index in [1.807, 2.05) is 93.1 Å². The van der Waals surface area contributed by atoms with Gasteiger partial charge in [-0.15, -0.1) is 54.1 Å². The number of furan rings is 1. The number of aromatic nitrogens is 4. The van der Waals surface area contributed by atoms with Crippen molar-refractivity contribution in [1.29, 1.82) is 0 Å². The summed E-state index contributed by atoms with van der Waals surface area (Å²) in [6, 6.07) is 38.9. The Labute approximate surface area is 275 Å². The molecule has 1 radical (unpaired) electrons. The summed E-state index contributed by atoms with van der Waals surface area (Å²) in [5.41, 5.74) is 11.6. The standard InChI is InChI=1S/C27H18N3O.C12H10N.Ir/c1-16-13-24-19(5-4-11-28-24)14-23(16)18-10-12-29-25(15-18)22-7-3-6-20-21-9-8-17(2)30-27(21)31-26(20)22;1-10-7-8-12(13-9-10)11-5-3-2-4-6-11;/h3-6,8-15H,1-2H3;2-5,7-9H,1H3;/q2*-1;. The van der Waals surface area contributed by atoms with Crippen LogP contribution in [-0.2, 0) is 20.1 Å². The Morgan fingerprint density at radius 3 is 2.42 bits per heavy atom. The maximum absolute atomic E-state index is 6.16. The molecule has 0 bridgehead atoms. The minimum absolute atomic E-state index is 0. The van der Waals surface area contributed by atoms with Crippen LogP contribution in [0.1, 0.15) is 16.8 Å². The summed E-state index contributed by atoms with van der Waals surface area (Å²) < 4.78 is 6.16. The van der Waals surface area contributed by atoms with Crippen molar-refractivity contribution in [2.24, 2.45) is 0 Å². The smallest absolute Gasteiger partial charge is 0.216 e. The van der Waals surface area contributed by atoms with E-state index in [0.717, 1.165) is 61.0 Å². The molecular weight excluding hydrogens is 733 g/mol. The molecule has 0 saturated heterocycles. The van der Waals surface area contributed by atoms with Gasteiger partial charge in [-0.05, 0) is 90.8 Å². The van der Waals surface area contributed by atoms with E-state index in [1.54, 1.807) is 0 Å². The fourth-order valence-corrected chi connectivity index (χ4v) is 5.36. The third-order valence-electron chi connectivity index (χ3n) is 7.61.